The molecule has 1 aliphatic rings. The molecule has 1 fully saturated rings. The van der Waals surface area contributed by atoms with Crippen molar-refractivity contribution in [2.45, 2.75) is 19.6 Å². The Morgan fingerprint density at radius 1 is 1.15 bits per heavy atom. The molecule has 7 nitrogen and oxygen atoms in total. The SMILES string of the molecule is CN=C(NCc1ccccc1CN(C)C)N1CCN(Cc2ccon2)CC1. The third-order valence-electron chi connectivity index (χ3n) is 4.80. The first-order valence-corrected chi connectivity index (χ1v) is 9.44. The molecule has 146 valence electrons. The molecule has 1 aliphatic heterocycles. The number of piperazine rings is 1. The van der Waals surface area contributed by atoms with Crippen molar-refractivity contribution in [2.75, 3.05) is 47.3 Å². The lowest BCUT2D eigenvalue weighted by Gasteiger charge is -2.36. The maximum Gasteiger partial charge on any atom is 0.194 e. The minimum Gasteiger partial charge on any atom is -0.364 e. The summed E-state index contributed by atoms with van der Waals surface area (Å²) in [6.07, 6.45) is 1.63. The zero-order valence-corrected chi connectivity index (χ0v) is 16.6. The Kier molecular flexibility index (Phi) is 6.84. The summed E-state index contributed by atoms with van der Waals surface area (Å²) in [5.41, 5.74) is 3.66. The second-order valence-corrected chi connectivity index (χ2v) is 7.16. The van der Waals surface area contributed by atoms with Crippen LogP contribution in [0, 0.1) is 0 Å². The molecule has 0 saturated carbocycles. The molecule has 2 heterocycles. The zero-order chi connectivity index (χ0) is 19.1. The number of aliphatic imine (C=N–C) groups is 1. The number of benzene rings is 1. The van der Waals surface area contributed by atoms with Gasteiger partial charge in [0.1, 0.15) is 6.26 Å². The van der Waals surface area contributed by atoms with Gasteiger partial charge in [0.25, 0.3) is 0 Å². The fraction of sp³-hybridized carbons (Fsp3) is 0.500. The molecule has 27 heavy (non-hydrogen) atoms. The molecule has 0 bridgehead atoms. The average molecular weight is 371 g/mol. The van der Waals surface area contributed by atoms with Gasteiger partial charge in [-0.2, -0.15) is 0 Å². The molecule has 0 radical (unpaired) electrons. The maximum atomic E-state index is 4.92. The Bertz CT molecular complexity index is 720. The highest BCUT2D eigenvalue weighted by Crippen LogP contribution is 2.11. The lowest BCUT2D eigenvalue weighted by atomic mass is 10.1. The van der Waals surface area contributed by atoms with Crippen molar-refractivity contribution in [1.29, 1.82) is 0 Å². The van der Waals surface area contributed by atoms with Crippen LogP contribution in [0.15, 0.2) is 46.1 Å². The van der Waals surface area contributed by atoms with Gasteiger partial charge in [-0.1, -0.05) is 29.4 Å². The number of guanidine groups is 1. The summed E-state index contributed by atoms with van der Waals surface area (Å²) >= 11 is 0. The summed E-state index contributed by atoms with van der Waals surface area (Å²) in [7, 11) is 6.05. The van der Waals surface area contributed by atoms with Gasteiger partial charge in [-0.25, -0.2) is 0 Å². The summed E-state index contributed by atoms with van der Waals surface area (Å²) in [5.74, 6) is 0.968. The molecule has 0 atom stereocenters. The van der Waals surface area contributed by atoms with Crippen molar-refractivity contribution in [3.63, 3.8) is 0 Å². The third-order valence-corrected chi connectivity index (χ3v) is 4.80. The average Bonchev–Trinajstić information content (AvgIpc) is 3.17. The van der Waals surface area contributed by atoms with Crippen LogP contribution in [-0.4, -0.2) is 73.1 Å². The Morgan fingerprint density at radius 2 is 1.89 bits per heavy atom. The van der Waals surface area contributed by atoms with E-state index in [-0.39, 0.29) is 0 Å². The van der Waals surface area contributed by atoms with Crippen LogP contribution >= 0.6 is 0 Å². The van der Waals surface area contributed by atoms with Crippen molar-refractivity contribution < 1.29 is 4.52 Å². The topological polar surface area (TPSA) is 60.1 Å². The number of nitrogens with zero attached hydrogens (tertiary/aromatic N) is 5. The Morgan fingerprint density at radius 3 is 2.52 bits per heavy atom. The highest BCUT2D eigenvalue weighted by molar-refractivity contribution is 5.80. The van der Waals surface area contributed by atoms with Gasteiger partial charge in [0.2, 0.25) is 0 Å². The van der Waals surface area contributed by atoms with E-state index in [0.717, 1.165) is 57.5 Å². The first-order chi connectivity index (χ1) is 13.2. The predicted molar refractivity (Wildman–Crippen MR) is 107 cm³/mol. The molecule has 3 rings (SSSR count). The molecule has 1 aromatic carbocycles. The molecule has 0 aliphatic carbocycles. The van der Waals surface area contributed by atoms with E-state index in [1.54, 1.807) is 6.26 Å². The van der Waals surface area contributed by atoms with Gasteiger partial charge in [0.05, 0.1) is 5.69 Å². The molecule has 1 aromatic heterocycles. The molecular weight excluding hydrogens is 340 g/mol. The molecular formula is C20H30N6O. The highest BCUT2D eigenvalue weighted by Gasteiger charge is 2.20. The van der Waals surface area contributed by atoms with Crippen LogP contribution in [-0.2, 0) is 19.6 Å². The molecule has 7 heteroatoms. The predicted octanol–water partition coefficient (Wildman–Crippen LogP) is 1.63. The van der Waals surface area contributed by atoms with Gasteiger partial charge in [0.15, 0.2) is 5.96 Å². The van der Waals surface area contributed by atoms with Crippen LogP contribution in [0.2, 0.25) is 0 Å². The highest BCUT2D eigenvalue weighted by atomic mass is 16.5. The fourth-order valence-electron chi connectivity index (χ4n) is 3.40. The van der Waals surface area contributed by atoms with Crippen molar-refractivity contribution in [1.82, 2.24) is 25.2 Å². The minimum absolute atomic E-state index is 0.788. The van der Waals surface area contributed by atoms with Crippen LogP contribution in [0.1, 0.15) is 16.8 Å². The summed E-state index contributed by atoms with van der Waals surface area (Å²) in [4.78, 5) is 11.4. The molecule has 0 unspecified atom stereocenters. The monoisotopic (exact) mass is 370 g/mol. The summed E-state index contributed by atoms with van der Waals surface area (Å²) in [5, 5.41) is 7.54. The standard InChI is InChI=1S/C20H30N6O/c1-21-20(22-14-17-6-4-5-7-18(17)15-24(2)3)26-11-9-25(10-12-26)16-19-8-13-27-23-19/h4-8,13H,9-12,14-16H2,1-3H3,(H,21,22). The number of rotatable bonds is 6. The Labute approximate surface area is 161 Å². The molecule has 1 N–H and O–H groups in total. The number of hydrogen-bond donors (Lipinski definition) is 1. The quantitative estimate of drug-likeness (QED) is 0.616. The van der Waals surface area contributed by atoms with E-state index < -0.39 is 0 Å². The smallest absolute Gasteiger partial charge is 0.194 e. The van der Waals surface area contributed by atoms with Gasteiger partial charge in [-0.05, 0) is 25.2 Å². The van der Waals surface area contributed by atoms with E-state index in [9.17, 15) is 0 Å². The number of aromatic nitrogens is 1. The Balaban J connectivity index is 1.52. The van der Waals surface area contributed by atoms with Gasteiger partial charge in [-0.3, -0.25) is 9.89 Å². The van der Waals surface area contributed by atoms with E-state index >= 15 is 0 Å². The van der Waals surface area contributed by atoms with Crippen LogP contribution < -0.4 is 5.32 Å². The van der Waals surface area contributed by atoms with Crippen LogP contribution in [0.25, 0.3) is 0 Å². The van der Waals surface area contributed by atoms with Gasteiger partial charge >= 0.3 is 0 Å². The van der Waals surface area contributed by atoms with Crippen molar-refractivity contribution in [3.05, 3.63) is 53.4 Å². The third kappa shape index (κ3) is 5.55. The summed E-state index contributed by atoms with van der Waals surface area (Å²) in [6, 6.07) is 10.5. The van der Waals surface area contributed by atoms with Crippen LogP contribution in [0.3, 0.4) is 0 Å². The van der Waals surface area contributed by atoms with E-state index in [2.05, 4.69) is 68.5 Å². The zero-order valence-electron chi connectivity index (χ0n) is 16.6. The molecule has 0 amide bonds. The first kappa shape index (κ1) is 19.4. The van der Waals surface area contributed by atoms with Crippen LogP contribution in [0.5, 0.6) is 0 Å². The van der Waals surface area contributed by atoms with Crippen molar-refractivity contribution in [3.8, 4) is 0 Å². The van der Waals surface area contributed by atoms with E-state index in [0.29, 0.717) is 0 Å². The van der Waals surface area contributed by atoms with Crippen molar-refractivity contribution >= 4 is 5.96 Å². The molecule has 2 aromatic rings. The van der Waals surface area contributed by atoms with Gasteiger partial charge < -0.3 is 19.6 Å². The van der Waals surface area contributed by atoms with Gasteiger partial charge in [0, 0.05) is 58.9 Å². The van der Waals surface area contributed by atoms with E-state index in [1.807, 2.05) is 13.1 Å². The molecule has 0 spiro atoms. The second-order valence-electron chi connectivity index (χ2n) is 7.16. The fourth-order valence-corrected chi connectivity index (χ4v) is 3.40. The summed E-state index contributed by atoms with van der Waals surface area (Å²) < 4.78 is 4.92. The minimum atomic E-state index is 0.788. The number of hydrogen-bond acceptors (Lipinski definition) is 5. The van der Waals surface area contributed by atoms with E-state index in [4.69, 9.17) is 4.52 Å². The van der Waals surface area contributed by atoms with Crippen LogP contribution in [0.4, 0.5) is 0 Å². The lowest BCUT2D eigenvalue weighted by Crippen LogP contribution is -2.52. The Hall–Kier alpha value is -2.38. The summed E-state index contributed by atoms with van der Waals surface area (Å²) in [6.45, 7) is 6.46. The van der Waals surface area contributed by atoms with E-state index in [1.165, 1.54) is 11.1 Å². The lowest BCUT2D eigenvalue weighted by molar-refractivity contribution is 0.169. The molecule has 1 saturated heterocycles. The van der Waals surface area contributed by atoms with Crippen molar-refractivity contribution in [2.24, 2.45) is 4.99 Å². The largest absolute Gasteiger partial charge is 0.364 e. The normalized spacial score (nSPS) is 16.1. The van der Waals surface area contributed by atoms with Gasteiger partial charge in [-0.15, -0.1) is 0 Å². The maximum absolute atomic E-state index is 4.92. The first-order valence-electron chi connectivity index (χ1n) is 9.44. The number of nitrogens with one attached hydrogen (secondary N) is 1. The second kappa shape index (κ2) is 9.53.